The maximum absolute atomic E-state index is 14.0. The highest BCUT2D eigenvalue weighted by atomic mass is 35.5. The third-order valence-corrected chi connectivity index (χ3v) is 5.39. The van der Waals surface area contributed by atoms with Crippen molar-refractivity contribution in [1.82, 2.24) is 29.7 Å². The Hall–Kier alpha value is -3.27. The Morgan fingerprint density at radius 3 is 2.97 bits per heavy atom. The van der Waals surface area contributed by atoms with E-state index in [0.29, 0.717) is 30.6 Å². The molecule has 1 saturated heterocycles. The number of hydrogen-bond acceptors (Lipinski definition) is 6. The maximum Gasteiger partial charge on any atom is 0.243 e. The maximum atomic E-state index is 14.0. The van der Waals surface area contributed by atoms with Gasteiger partial charge in [-0.15, -0.1) is 0 Å². The molecule has 1 atom stereocenters. The van der Waals surface area contributed by atoms with Gasteiger partial charge in [0.15, 0.2) is 11.5 Å². The summed E-state index contributed by atoms with van der Waals surface area (Å²) in [6.07, 6.45) is 4.02. The lowest BCUT2D eigenvalue weighted by Crippen LogP contribution is -2.46. The summed E-state index contributed by atoms with van der Waals surface area (Å²) in [5.41, 5.74) is 6.93. The van der Waals surface area contributed by atoms with E-state index in [4.69, 9.17) is 17.3 Å². The molecule has 3 aromatic rings. The fraction of sp³-hybridized carbons (Fsp3) is 0.316. The van der Waals surface area contributed by atoms with Gasteiger partial charge >= 0.3 is 0 Å². The lowest BCUT2D eigenvalue weighted by atomic mass is 10.1. The van der Waals surface area contributed by atoms with Gasteiger partial charge in [-0.3, -0.25) is 9.59 Å². The SMILES string of the molecule is Nc1ncnc2c1ncn2CC(=O)N1CCC[C@H]1C(=O)NCc1cccc(Cl)c1F. The number of amides is 2. The van der Waals surface area contributed by atoms with Crippen molar-refractivity contribution >= 4 is 40.4 Å². The molecule has 3 heterocycles. The lowest BCUT2D eigenvalue weighted by molar-refractivity contribution is -0.138. The molecular formula is C19H19ClFN7O2. The van der Waals surface area contributed by atoms with Crippen molar-refractivity contribution in [3.8, 4) is 0 Å². The molecule has 4 rings (SSSR count). The molecule has 156 valence electrons. The predicted molar refractivity (Wildman–Crippen MR) is 108 cm³/mol. The third kappa shape index (κ3) is 3.78. The van der Waals surface area contributed by atoms with Gasteiger partial charge in [-0.25, -0.2) is 19.3 Å². The van der Waals surface area contributed by atoms with Crippen molar-refractivity contribution in [3.05, 3.63) is 47.3 Å². The highest BCUT2D eigenvalue weighted by molar-refractivity contribution is 6.30. The number of nitrogens with two attached hydrogens (primary N) is 1. The van der Waals surface area contributed by atoms with E-state index in [1.807, 2.05) is 0 Å². The first-order chi connectivity index (χ1) is 14.5. The van der Waals surface area contributed by atoms with Crippen molar-refractivity contribution < 1.29 is 14.0 Å². The van der Waals surface area contributed by atoms with Crippen molar-refractivity contribution in [3.63, 3.8) is 0 Å². The summed E-state index contributed by atoms with van der Waals surface area (Å²) in [7, 11) is 0. The zero-order valence-electron chi connectivity index (χ0n) is 15.9. The second-order valence-corrected chi connectivity index (χ2v) is 7.39. The average Bonchev–Trinajstić information content (AvgIpc) is 3.37. The molecule has 3 N–H and O–H groups in total. The van der Waals surface area contributed by atoms with Crippen LogP contribution in [0.2, 0.25) is 5.02 Å². The smallest absolute Gasteiger partial charge is 0.243 e. The highest BCUT2D eigenvalue weighted by Crippen LogP contribution is 2.21. The minimum Gasteiger partial charge on any atom is -0.382 e. The Morgan fingerprint density at radius 1 is 1.30 bits per heavy atom. The number of nitrogens with one attached hydrogen (secondary N) is 1. The summed E-state index contributed by atoms with van der Waals surface area (Å²) >= 11 is 5.77. The number of nitrogens with zero attached hydrogens (tertiary/aromatic N) is 5. The van der Waals surface area contributed by atoms with Crippen molar-refractivity contribution in [2.24, 2.45) is 0 Å². The van der Waals surface area contributed by atoms with Crippen molar-refractivity contribution in [2.75, 3.05) is 12.3 Å². The monoisotopic (exact) mass is 431 g/mol. The molecule has 0 unspecified atom stereocenters. The van der Waals surface area contributed by atoms with Gasteiger partial charge in [0.2, 0.25) is 11.8 Å². The van der Waals surface area contributed by atoms with Crippen LogP contribution in [0.1, 0.15) is 18.4 Å². The van der Waals surface area contributed by atoms with Crippen LogP contribution in [0.4, 0.5) is 10.2 Å². The molecule has 9 nitrogen and oxygen atoms in total. The van der Waals surface area contributed by atoms with Crippen LogP contribution in [-0.4, -0.2) is 48.8 Å². The number of carbonyl (C=O) groups is 2. The van der Waals surface area contributed by atoms with Crippen LogP contribution in [0.25, 0.3) is 11.2 Å². The van der Waals surface area contributed by atoms with Gasteiger partial charge in [0.1, 0.15) is 30.2 Å². The number of hydrogen-bond donors (Lipinski definition) is 2. The predicted octanol–water partition coefficient (Wildman–Crippen LogP) is 1.51. The van der Waals surface area contributed by atoms with E-state index in [-0.39, 0.29) is 41.3 Å². The Balaban J connectivity index is 1.43. The molecule has 0 spiro atoms. The lowest BCUT2D eigenvalue weighted by Gasteiger charge is -2.24. The van der Waals surface area contributed by atoms with Crippen LogP contribution < -0.4 is 11.1 Å². The van der Waals surface area contributed by atoms with Crippen LogP contribution in [0.15, 0.2) is 30.9 Å². The summed E-state index contributed by atoms with van der Waals surface area (Å²) < 4.78 is 15.6. The first-order valence-electron chi connectivity index (χ1n) is 9.37. The normalized spacial score (nSPS) is 16.2. The average molecular weight is 432 g/mol. The van der Waals surface area contributed by atoms with Gasteiger partial charge in [0, 0.05) is 18.7 Å². The number of carbonyl (C=O) groups excluding carboxylic acids is 2. The Kier molecular flexibility index (Phi) is 5.49. The molecule has 1 fully saturated rings. The minimum absolute atomic E-state index is 0.00331. The number of rotatable bonds is 5. The van der Waals surface area contributed by atoms with E-state index in [0.717, 1.165) is 0 Å². The van der Waals surface area contributed by atoms with E-state index in [9.17, 15) is 14.0 Å². The molecule has 2 amide bonds. The second kappa shape index (κ2) is 8.23. The largest absolute Gasteiger partial charge is 0.382 e. The molecule has 11 heteroatoms. The summed E-state index contributed by atoms with van der Waals surface area (Å²) in [4.78, 5) is 39.2. The van der Waals surface area contributed by atoms with Crippen molar-refractivity contribution in [2.45, 2.75) is 32.0 Å². The Labute approximate surface area is 176 Å². The quantitative estimate of drug-likeness (QED) is 0.632. The van der Waals surface area contributed by atoms with Gasteiger partial charge in [0.05, 0.1) is 11.3 Å². The van der Waals surface area contributed by atoms with Gasteiger partial charge in [-0.05, 0) is 18.9 Å². The summed E-state index contributed by atoms with van der Waals surface area (Å²) in [6.45, 7) is 0.429. The number of imidazole rings is 1. The van der Waals surface area contributed by atoms with Crippen LogP contribution in [0.3, 0.4) is 0 Å². The zero-order valence-corrected chi connectivity index (χ0v) is 16.6. The fourth-order valence-electron chi connectivity index (χ4n) is 3.57. The topological polar surface area (TPSA) is 119 Å². The third-order valence-electron chi connectivity index (χ3n) is 5.10. The Bertz CT molecular complexity index is 1120. The van der Waals surface area contributed by atoms with Gasteiger partial charge in [-0.2, -0.15) is 0 Å². The molecule has 1 aliphatic heterocycles. The molecule has 1 aromatic carbocycles. The molecular weight excluding hydrogens is 413 g/mol. The molecule has 1 aliphatic rings. The van der Waals surface area contributed by atoms with Crippen LogP contribution >= 0.6 is 11.6 Å². The van der Waals surface area contributed by atoms with E-state index >= 15 is 0 Å². The number of aromatic nitrogens is 4. The van der Waals surface area contributed by atoms with Crippen LogP contribution in [0.5, 0.6) is 0 Å². The van der Waals surface area contributed by atoms with E-state index < -0.39 is 11.9 Å². The van der Waals surface area contributed by atoms with Crippen molar-refractivity contribution in [1.29, 1.82) is 0 Å². The standard InChI is InChI=1S/C19H19ClFN7O2/c20-12-4-1-3-11(15(12)21)7-23-19(30)13-5-2-6-28(13)14(29)8-27-10-26-16-17(22)24-9-25-18(16)27/h1,3-4,9-10,13H,2,5-8H2,(H,23,30)(H2,22,24,25)/t13-/m0/s1. The first kappa shape index (κ1) is 20.0. The number of fused-ring (bicyclic) bond motifs is 1. The van der Waals surface area contributed by atoms with Crippen LogP contribution in [0, 0.1) is 5.82 Å². The minimum atomic E-state index is -0.616. The number of anilines is 1. The van der Waals surface area contributed by atoms with Gasteiger partial charge < -0.3 is 20.5 Å². The summed E-state index contributed by atoms with van der Waals surface area (Å²) in [6, 6.07) is 3.99. The fourth-order valence-corrected chi connectivity index (χ4v) is 3.77. The van der Waals surface area contributed by atoms with E-state index in [1.54, 1.807) is 16.7 Å². The van der Waals surface area contributed by atoms with Gasteiger partial charge in [0.25, 0.3) is 0 Å². The first-order valence-corrected chi connectivity index (χ1v) is 9.75. The summed E-state index contributed by atoms with van der Waals surface area (Å²) in [5, 5.41) is 2.70. The molecule has 0 saturated carbocycles. The molecule has 2 aromatic heterocycles. The number of likely N-dealkylation sites (tertiary alicyclic amines) is 1. The van der Waals surface area contributed by atoms with Gasteiger partial charge in [-0.1, -0.05) is 23.7 Å². The van der Waals surface area contributed by atoms with Crippen LogP contribution in [-0.2, 0) is 22.7 Å². The van der Waals surface area contributed by atoms with E-state index in [1.165, 1.54) is 23.6 Å². The number of halogens is 2. The molecule has 0 bridgehead atoms. The highest BCUT2D eigenvalue weighted by Gasteiger charge is 2.34. The molecule has 0 aliphatic carbocycles. The number of benzene rings is 1. The molecule has 0 radical (unpaired) electrons. The second-order valence-electron chi connectivity index (χ2n) is 6.98. The zero-order chi connectivity index (χ0) is 21.3. The molecule has 30 heavy (non-hydrogen) atoms. The summed E-state index contributed by atoms with van der Waals surface area (Å²) in [5.74, 6) is -0.898. The Morgan fingerprint density at radius 2 is 2.13 bits per heavy atom. The van der Waals surface area contributed by atoms with E-state index in [2.05, 4.69) is 20.3 Å². The number of nitrogen functional groups attached to an aromatic ring is 1.